The molecule has 3 aromatic rings. The van der Waals surface area contributed by atoms with E-state index in [9.17, 15) is 10.1 Å². The quantitative estimate of drug-likeness (QED) is 0.525. The first-order valence-corrected chi connectivity index (χ1v) is 9.64. The molecule has 144 valence electrons. The molecule has 4 rings (SSSR count). The molecule has 0 radical (unpaired) electrons. The van der Waals surface area contributed by atoms with Crippen LogP contribution in [0, 0.1) is 10.1 Å². The zero-order chi connectivity index (χ0) is 19.5. The van der Waals surface area contributed by atoms with Crippen molar-refractivity contribution in [2.75, 3.05) is 13.1 Å². The van der Waals surface area contributed by atoms with Crippen molar-refractivity contribution in [3.63, 3.8) is 0 Å². The second kappa shape index (κ2) is 8.04. The topological polar surface area (TPSA) is 91.2 Å². The fraction of sp³-hybridized carbons (Fsp3) is 0.316. The Labute approximate surface area is 166 Å². The number of halogens is 1. The average molecular weight is 400 g/mol. The molecule has 2 heterocycles. The van der Waals surface area contributed by atoms with Gasteiger partial charge in [0.15, 0.2) is 6.04 Å². The van der Waals surface area contributed by atoms with E-state index in [1.54, 1.807) is 28.9 Å². The Balaban J connectivity index is 1.82. The minimum absolute atomic E-state index is 0.0701. The van der Waals surface area contributed by atoms with Gasteiger partial charge in [-0.15, -0.1) is 5.10 Å². The van der Waals surface area contributed by atoms with Crippen molar-refractivity contribution in [2.45, 2.75) is 25.3 Å². The lowest BCUT2D eigenvalue weighted by Crippen LogP contribution is -3.13. The number of hydrogen-bond donors (Lipinski definition) is 1. The molecule has 28 heavy (non-hydrogen) atoms. The van der Waals surface area contributed by atoms with Gasteiger partial charge in [0, 0.05) is 22.7 Å². The number of aromatic nitrogens is 4. The van der Waals surface area contributed by atoms with Crippen LogP contribution in [0.3, 0.4) is 0 Å². The molecule has 1 saturated heterocycles. The van der Waals surface area contributed by atoms with E-state index in [1.807, 2.05) is 18.2 Å². The van der Waals surface area contributed by atoms with Gasteiger partial charge in [0.05, 0.1) is 23.7 Å². The van der Waals surface area contributed by atoms with E-state index >= 15 is 0 Å². The minimum atomic E-state index is -0.369. The number of non-ortho nitro benzene ring substituents is 1. The Hall–Kier alpha value is -2.84. The van der Waals surface area contributed by atoms with Crippen LogP contribution in [0.5, 0.6) is 0 Å². The Morgan fingerprint density at radius 3 is 2.64 bits per heavy atom. The molecule has 0 aliphatic carbocycles. The number of nitro groups is 1. The predicted molar refractivity (Wildman–Crippen MR) is 104 cm³/mol. The molecule has 0 unspecified atom stereocenters. The highest BCUT2D eigenvalue weighted by Crippen LogP contribution is 2.24. The lowest BCUT2D eigenvalue weighted by molar-refractivity contribution is -0.931. The first kappa shape index (κ1) is 18.5. The third-order valence-electron chi connectivity index (χ3n) is 5.12. The number of nitro benzene ring substituents is 1. The lowest BCUT2D eigenvalue weighted by atomic mass is 10.00. The highest BCUT2D eigenvalue weighted by molar-refractivity contribution is 6.30. The summed E-state index contributed by atoms with van der Waals surface area (Å²) in [5, 5.41) is 24.3. The summed E-state index contributed by atoms with van der Waals surface area (Å²) in [6.45, 7) is 1.94. The maximum atomic E-state index is 11.3. The normalized spacial score (nSPS) is 16.0. The number of rotatable bonds is 5. The van der Waals surface area contributed by atoms with Gasteiger partial charge in [-0.3, -0.25) is 10.1 Å². The van der Waals surface area contributed by atoms with Crippen molar-refractivity contribution >= 4 is 17.3 Å². The van der Waals surface area contributed by atoms with E-state index in [-0.39, 0.29) is 16.7 Å². The average Bonchev–Trinajstić information content (AvgIpc) is 3.19. The summed E-state index contributed by atoms with van der Waals surface area (Å²) >= 11 is 6.15. The summed E-state index contributed by atoms with van der Waals surface area (Å²) in [5.74, 6) is 0.652. The smallest absolute Gasteiger partial charge is 0.269 e. The van der Waals surface area contributed by atoms with E-state index in [1.165, 1.54) is 17.4 Å². The van der Waals surface area contributed by atoms with Crippen molar-refractivity contribution in [3.05, 3.63) is 75.1 Å². The summed E-state index contributed by atoms with van der Waals surface area (Å²) < 4.78 is 1.68. The molecule has 1 atom stereocenters. The highest BCUT2D eigenvalue weighted by Gasteiger charge is 2.33. The first-order valence-electron chi connectivity index (χ1n) is 9.26. The number of nitrogens with zero attached hydrogens (tertiary/aromatic N) is 5. The molecular weight excluding hydrogens is 380 g/mol. The Morgan fingerprint density at radius 2 is 1.89 bits per heavy atom. The molecule has 2 aromatic carbocycles. The second-order valence-corrected chi connectivity index (χ2v) is 7.37. The van der Waals surface area contributed by atoms with Crippen LogP contribution in [0.2, 0.25) is 5.02 Å². The minimum Gasteiger partial charge on any atom is -0.322 e. The number of piperidine rings is 1. The van der Waals surface area contributed by atoms with Crippen LogP contribution in [0.25, 0.3) is 5.69 Å². The van der Waals surface area contributed by atoms with Gasteiger partial charge in [-0.25, -0.2) is 0 Å². The van der Waals surface area contributed by atoms with Gasteiger partial charge in [0.25, 0.3) is 5.69 Å². The van der Waals surface area contributed by atoms with Crippen molar-refractivity contribution < 1.29 is 9.82 Å². The van der Waals surface area contributed by atoms with Crippen molar-refractivity contribution in [3.8, 4) is 5.69 Å². The van der Waals surface area contributed by atoms with E-state index in [0.717, 1.165) is 37.2 Å². The van der Waals surface area contributed by atoms with E-state index in [0.29, 0.717) is 10.8 Å². The molecule has 8 nitrogen and oxygen atoms in total. The Bertz CT molecular complexity index is 986. The largest absolute Gasteiger partial charge is 0.322 e. The van der Waals surface area contributed by atoms with Crippen LogP contribution in [0.15, 0.2) is 48.5 Å². The Kier molecular flexibility index (Phi) is 5.31. The Morgan fingerprint density at radius 1 is 1.11 bits per heavy atom. The van der Waals surface area contributed by atoms with Crippen LogP contribution in [-0.2, 0) is 0 Å². The number of tetrazole rings is 1. The maximum absolute atomic E-state index is 11.3. The number of benzene rings is 2. The standard InChI is InChI=1S/C19H19ClN6O2/c20-15-7-5-8-16(13-15)25-19(21-22-23-25)18(24-10-2-1-3-11-24)14-6-4-9-17(12-14)26(27)28/h4-9,12-13,18H,1-3,10-11H2/p+1/t18-/m1/s1. The summed E-state index contributed by atoms with van der Waals surface area (Å²) in [5.41, 5.74) is 1.67. The monoisotopic (exact) mass is 399 g/mol. The van der Waals surface area contributed by atoms with Crippen LogP contribution >= 0.6 is 11.6 Å². The number of nitrogens with one attached hydrogen (secondary N) is 1. The van der Waals surface area contributed by atoms with Crippen LogP contribution < -0.4 is 4.90 Å². The summed E-state index contributed by atoms with van der Waals surface area (Å²) in [6.07, 6.45) is 3.42. The van der Waals surface area contributed by atoms with Crippen LogP contribution in [0.1, 0.15) is 36.7 Å². The van der Waals surface area contributed by atoms with Crippen LogP contribution in [0.4, 0.5) is 5.69 Å². The molecule has 9 heteroatoms. The number of hydrogen-bond acceptors (Lipinski definition) is 5. The van der Waals surface area contributed by atoms with Gasteiger partial charge in [-0.1, -0.05) is 29.8 Å². The first-order chi connectivity index (χ1) is 13.6. The zero-order valence-electron chi connectivity index (χ0n) is 15.2. The molecule has 1 aliphatic rings. The van der Waals surface area contributed by atoms with E-state index in [2.05, 4.69) is 15.5 Å². The van der Waals surface area contributed by atoms with Crippen molar-refractivity contribution in [2.24, 2.45) is 0 Å². The van der Waals surface area contributed by atoms with Crippen molar-refractivity contribution in [1.29, 1.82) is 0 Å². The zero-order valence-corrected chi connectivity index (χ0v) is 15.9. The molecule has 0 bridgehead atoms. The maximum Gasteiger partial charge on any atom is 0.269 e. The summed E-state index contributed by atoms with van der Waals surface area (Å²) in [6, 6.07) is 13.9. The van der Waals surface area contributed by atoms with Gasteiger partial charge >= 0.3 is 0 Å². The fourth-order valence-corrected chi connectivity index (χ4v) is 4.03. The van der Waals surface area contributed by atoms with E-state index in [4.69, 9.17) is 11.6 Å². The SMILES string of the molecule is O=[N+]([O-])c1cccc([C@H](c2nnnn2-c2cccc(Cl)c2)[NH+]2CCCCC2)c1. The van der Waals surface area contributed by atoms with Gasteiger partial charge < -0.3 is 4.90 Å². The molecule has 1 aliphatic heterocycles. The molecule has 0 saturated carbocycles. The lowest BCUT2D eigenvalue weighted by Gasteiger charge is -2.30. The molecular formula is C19H20ClN6O2+. The molecule has 1 fully saturated rings. The predicted octanol–water partition coefficient (Wildman–Crippen LogP) is 2.38. The van der Waals surface area contributed by atoms with E-state index < -0.39 is 0 Å². The number of likely N-dealkylation sites (tertiary alicyclic amines) is 1. The summed E-state index contributed by atoms with van der Waals surface area (Å²) in [4.78, 5) is 12.2. The second-order valence-electron chi connectivity index (χ2n) is 6.93. The molecule has 1 N–H and O–H groups in total. The van der Waals surface area contributed by atoms with Crippen molar-refractivity contribution in [1.82, 2.24) is 20.2 Å². The molecule has 1 aromatic heterocycles. The van der Waals surface area contributed by atoms with Gasteiger partial charge in [0.1, 0.15) is 0 Å². The van der Waals surface area contributed by atoms with Gasteiger partial charge in [-0.2, -0.15) is 4.68 Å². The van der Waals surface area contributed by atoms with Gasteiger partial charge in [0.2, 0.25) is 5.82 Å². The summed E-state index contributed by atoms with van der Waals surface area (Å²) in [7, 11) is 0. The third-order valence-corrected chi connectivity index (χ3v) is 5.36. The van der Waals surface area contributed by atoms with Crippen LogP contribution in [-0.4, -0.2) is 38.2 Å². The highest BCUT2D eigenvalue weighted by atomic mass is 35.5. The fourth-order valence-electron chi connectivity index (χ4n) is 3.85. The third kappa shape index (κ3) is 3.74. The number of quaternary nitrogens is 1. The molecule has 0 amide bonds. The van der Waals surface area contributed by atoms with Gasteiger partial charge in [-0.05, 0) is 47.9 Å². The molecule has 0 spiro atoms.